The lowest BCUT2D eigenvalue weighted by Crippen LogP contribution is -2.33. The number of hydrogen-bond acceptors (Lipinski definition) is 6. The van der Waals surface area contributed by atoms with Crippen LogP contribution >= 0.6 is 0 Å². The van der Waals surface area contributed by atoms with Crippen LogP contribution in [0.2, 0.25) is 0 Å². The lowest BCUT2D eigenvalue weighted by atomic mass is 9.95. The smallest absolute Gasteiger partial charge is 0.230 e. The Kier molecular flexibility index (Phi) is 6.47. The average molecular weight is 423 g/mol. The molecule has 0 N–H and O–H groups in total. The minimum atomic E-state index is 0.342. The Morgan fingerprint density at radius 3 is 2.65 bits per heavy atom. The monoisotopic (exact) mass is 422 g/mol. The summed E-state index contributed by atoms with van der Waals surface area (Å²) in [4.78, 5) is 7.35. The van der Waals surface area contributed by atoms with Crippen LogP contribution in [0.3, 0.4) is 0 Å². The van der Waals surface area contributed by atoms with Gasteiger partial charge in [-0.1, -0.05) is 24.6 Å². The van der Waals surface area contributed by atoms with Crippen molar-refractivity contribution in [1.29, 1.82) is 0 Å². The number of aromatic nitrogens is 1. The van der Waals surface area contributed by atoms with Crippen molar-refractivity contribution >= 4 is 0 Å². The summed E-state index contributed by atoms with van der Waals surface area (Å²) in [5.41, 5.74) is 3.03. The van der Waals surface area contributed by atoms with E-state index in [1.54, 1.807) is 21.3 Å². The fourth-order valence-corrected chi connectivity index (χ4v) is 4.34. The quantitative estimate of drug-likeness (QED) is 0.508. The standard InChI is InChI=1S/C25H30N2O4/c1-17-21(26-25(31-17)20-11-8-13-23(29-3)24(20)30-4)16-27-14-6-5-12-22(27)18-9-7-10-19(15-18)28-2/h7-11,13,15,22H,5-6,12,14,16H2,1-4H3/t22-/m0/s1. The second kappa shape index (κ2) is 9.43. The van der Waals surface area contributed by atoms with Gasteiger partial charge in [0.2, 0.25) is 5.89 Å². The van der Waals surface area contributed by atoms with E-state index in [2.05, 4.69) is 23.1 Å². The summed E-state index contributed by atoms with van der Waals surface area (Å²) in [6.07, 6.45) is 3.54. The molecule has 0 saturated carbocycles. The number of hydrogen-bond donors (Lipinski definition) is 0. The number of para-hydroxylation sites is 1. The fourth-order valence-electron chi connectivity index (χ4n) is 4.34. The topological polar surface area (TPSA) is 57.0 Å². The highest BCUT2D eigenvalue weighted by molar-refractivity contribution is 5.68. The molecule has 1 atom stereocenters. The van der Waals surface area contributed by atoms with E-state index in [4.69, 9.17) is 23.6 Å². The van der Waals surface area contributed by atoms with Crippen LogP contribution in [0.5, 0.6) is 17.2 Å². The fraction of sp³-hybridized carbons (Fsp3) is 0.400. The first-order valence-electron chi connectivity index (χ1n) is 10.7. The second-order valence-electron chi connectivity index (χ2n) is 7.82. The molecule has 0 amide bonds. The SMILES string of the molecule is COc1cccc([C@@H]2CCCCN2Cc2nc(-c3cccc(OC)c3OC)oc2C)c1. The molecule has 0 bridgehead atoms. The molecule has 0 radical (unpaired) electrons. The second-order valence-corrected chi connectivity index (χ2v) is 7.82. The van der Waals surface area contributed by atoms with Crippen molar-refractivity contribution in [2.45, 2.75) is 38.8 Å². The summed E-state index contributed by atoms with van der Waals surface area (Å²) in [5.74, 6) is 3.57. The molecule has 1 fully saturated rings. The maximum Gasteiger partial charge on any atom is 0.230 e. The molecule has 1 aliphatic rings. The first-order valence-corrected chi connectivity index (χ1v) is 10.7. The third-order valence-corrected chi connectivity index (χ3v) is 5.97. The van der Waals surface area contributed by atoms with Crippen LogP contribution in [0.25, 0.3) is 11.5 Å². The number of ether oxygens (including phenoxy) is 3. The average Bonchev–Trinajstić information content (AvgIpc) is 3.18. The number of benzene rings is 2. The van der Waals surface area contributed by atoms with E-state index in [0.717, 1.165) is 42.3 Å². The van der Waals surface area contributed by atoms with Crippen LogP contribution in [0, 0.1) is 6.92 Å². The molecule has 6 nitrogen and oxygen atoms in total. The lowest BCUT2D eigenvalue weighted by Gasteiger charge is -2.35. The number of oxazole rings is 1. The maximum absolute atomic E-state index is 6.07. The summed E-state index contributed by atoms with van der Waals surface area (Å²) in [6, 6.07) is 14.5. The number of aryl methyl sites for hydroxylation is 1. The highest BCUT2D eigenvalue weighted by Gasteiger charge is 2.27. The van der Waals surface area contributed by atoms with Gasteiger partial charge in [-0.2, -0.15) is 0 Å². The molecule has 6 heteroatoms. The maximum atomic E-state index is 6.07. The van der Waals surface area contributed by atoms with Gasteiger partial charge < -0.3 is 18.6 Å². The van der Waals surface area contributed by atoms with E-state index < -0.39 is 0 Å². The van der Waals surface area contributed by atoms with E-state index >= 15 is 0 Å². The molecule has 1 saturated heterocycles. The Hall–Kier alpha value is -2.99. The molecule has 31 heavy (non-hydrogen) atoms. The van der Waals surface area contributed by atoms with E-state index in [0.29, 0.717) is 23.4 Å². The van der Waals surface area contributed by atoms with Crippen molar-refractivity contribution in [2.24, 2.45) is 0 Å². The number of rotatable bonds is 7. The number of likely N-dealkylation sites (tertiary alicyclic amines) is 1. The van der Waals surface area contributed by atoms with Crippen LogP contribution < -0.4 is 14.2 Å². The first-order chi connectivity index (χ1) is 15.1. The van der Waals surface area contributed by atoms with Crippen LogP contribution in [0.15, 0.2) is 46.9 Å². The van der Waals surface area contributed by atoms with Gasteiger partial charge in [0.25, 0.3) is 0 Å². The molecule has 164 valence electrons. The zero-order valence-electron chi connectivity index (χ0n) is 18.7. The van der Waals surface area contributed by atoms with E-state index in [1.165, 1.54) is 18.4 Å². The molecule has 2 heterocycles. The van der Waals surface area contributed by atoms with Gasteiger partial charge >= 0.3 is 0 Å². The summed E-state index contributed by atoms with van der Waals surface area (Å²) in [6.45, 7) is 3.75. The highest BCUT2D eigenvalue weighted by atomic mass is 16.5. The largest absolute Gasteiger partial charge is 0.497 e. The molecule has 2 aromatic carbocycles. The Bertz CT molecular complexity index is 1030. The summed E-state index contributed by atoms with van der Waals surface area (Å²) in [7, 11) is 4.97. The van der Waals surface area contributed by atoms with Gasteiger partial charge in [0.15, 0.2) is 11.5 Å². The van der Waals surface area contributed by atoms with Gasteiger partial charge in [-0.3, -0.25) is 4.90 Å². The van der Waals surface area contributed by atoms with Gasteiger partial charge in [0.1, 0.15) is 11.5 Å². The van der Waals surface area contributed by atoms with Gasteiger partial charge in [0, 0.05) is 12.6 Å². The van der Waals surface area contributed by atoms with Crippen molar-refractivity contribution < 1.29 is 18.6 Å². The molecule has 4 rings (SSSR count). The predicted octanol–water partition coefficient (Wildman–Crippen LogP) is 5.40. The van der Waals surface area contributed by atoms with E-state index in [1.807, 2.05) is 31.2 Å². The minimum Gasteiger partial charge on any atom is -0.497 e. The van der Waals surface area contributed by atoms with Crippen molar-refractivity contribution in [2.75, 3.05) is 27.9 Å². The molecule has 0 unspecified atom stereocenters. The number of methoxy groups -OCH3 is 3. The zero-order valence-corrected chi connectivity index (χ0v) is 18.7. The Morgan fingerprint density at radius 2 is 1.87 bits per heavy atom. The highest BCUT2D eigenvalue weighted by Crippen LogP contribution is 2.39. The Balaban J connectivity index is 1.61. The van der Waals surface area contributed by atoms with Gasteiger partial charge in [-0.25, -0.2) is 4.98 Å². The van der Waals surface area contributed by atoms with Crippen molar-refractivity contribution in [3.8, 4) is 28.7 Å². The summed E-state index contributed by atoms with van der Waals surface area (Å²) >= 11 is 0. The molecule has 0 aliphatic carbocycles. The molecular weight excluding hydrogens is 392 g/mol. The van der Waals surface area contributed by atoms with Crippen molar-refractivity contribution in [3.05, 3.63) is 59.5 Å². The third kappa shape index (κ3) is 4.39. The lowest BCUT2D eigenvalue weighted by molar-refractivity contribution is 0.138. The Labute approximate surface area is 183 Å². The van der Waals surface area contributed by atoms with Gasteiger partial charge in [-0.05, 0) is 56.1 Å². The number of piperidine rings is 1. The van der Waals surface area contributed by atoms with Crippen LogP contribution in [-0.4, -0.2) is 37.8 Å². The normalized spacial score (nSPS) is 16.8. The van der Waals surface area contributed by atoms with Crippen LogP contribution in [-0.2, 0) is 6.54 Å². The number of nitrogens with zero attached hydrogens (tertiary/aromatic N) is 2. The molecule has 1 aliphatic heterocycles. The zero-order chi connectivity index (χ0) is 21.8. The van der Waals surface area contributed by atoms with Crippen molar-refractivity contribution in [1.82, 2.24) is 9.88 Å². The third-order valence-electron chi connectivity index (χ3n) is 5.97. The van der Waals surface area contributed by atoms with E-state index in [9.17, 15) is 0 Å². The Morgan fingerprint density at radius 1 is 1.03 bits per heavy atom. The van der Waals surface area contributed by atoms with Crippen LogP contribution in [0.4, 0.5) is 0 Å². The van der Waals surface area contributed by atoms with Gasteiger partial charge in [-0.15, -0.1) is 0 Å². The van der Waals surface area contributed by atoms with Gasteiger partial charge in [0.05, 0.1) is 32.6 Å². The molecule has 0 spiro atoms. The van der Waals surface area contributed by atoms with Crippen molar-refractivity contribution in [3.63, 3.8) is 0 Å². The van der Waals surface area contributed by atoms with Crippen LogP contribution in [0.1, 0.15) is 42.3 Å². The summed E-state index contributed by atoms with van der Waals surface area (Å²) < 4.78 is 22.5. The van der Waals surface area contributed by atoms with E-state index in [-0.39, 0.29) is 0 Å². The molecular formula is C25H30N2O4. The summed E-state index contributed by atoms with van der Waals surface area (Å²) in [5, 5.41) is 0. The molecule has 1 aromatic heterocycles. The predicted molar refractivity (Wildman–Crippen MR) is 120 cm³/mol. The minimum absolute atomic E-state index is 0.342. The first kappa shape index (κ1) is 21.2. The molecule has 3 aromatic rings.